The number of benzene rings is 2. The summed E-state index contributed by atoms with van der Waals surface area (Å²) in [5.41, 5.74) is 3.87. The highest BCUT2D eigenvalue weighted by molar-refractivity contribution is 6.02. The number of aryl methyl sites for hydroxylation is 2. The van der Waals surface area contributed by atoms with Crippen LogP contribution in [0.3, 0.4) is 0 Å². The van der Waals surface area contributed by atoms with Gasteiger partial charge in [0.2, 0.25) is 11.9 Å². The maximum absolute atomic E-state index is 14.6. The number of ether oxygens (including phenoxy) is 1. The minimum atomic E-state index is -0.394. The van der Waals surface area contributed by atoms with E-state index in [1.54, 1.807) is 30.0 Å². The maximum Gasteiger partial charge on any atom is 0.334 e. The molecule has 2 fully saturated rings. The quantitative estimate of drug-likeness (QED) is 0.305. The van der Waals surface area contributed by atoms with E-state index in [0.29, 0.717) is 41.4 Å². The van der Waals surface area contributed by atoms with E-state index in [0.717, 1.165) is 49.2 Å². The van der Waals surface area contributed by atoms with Crippen molar-refractivity contribution in [3.05, 3.63) is 71.0 Å². The third-order valence-electron chi connectivity index (χ3n) is 9.28. The molecule has 12 heteroatoms. The van der Waals surface area contributed by atoms with Gasteiger partial charge in [-0.05, 0) is 63.0 Å². The van der Waals surface area contributed by atoms with Gasteiger partial charge in [0.05, 0.1) is 40.7 Å². The van der Waals surface area contributed by atoms with E-state index in [2.05, 4.69) is 44.0 Å². The molecule has 5 heterocycles. The number of imidazole rings is 1. The number of amides is 1. The van der Waals surface area contributed by atoms with E-state index in [-0.39, 0.29) is 23.1 Å². The monoisotopic (exact) mass is 598 g/mol. The van der Waals surface area contributed by atoms with Gasteiger partial charge >= 0.3 is 5.69 Å². The second-order valence-corrected chi connectivity index (χ2v) is 11.9. The second-order valence-electron chi connectivity index (χ2n) is 11.9. The molecule has 2 aromatic heterocycles. The molecular weight excluding hydrogens is 563 g/mol. The minimum absolute atomic E-state index is 0.140. The van der Waals surface area contributed by atoms with E-state index in [4.69, 9.17) is 4.74 Å². The van der Waals surface area contributed by atoms with Gasteiger partial charge in [-0.25, -0.2) is 18.7 Å². The lowest BCUT2D eigenvalue weighted by atomic mass is 9.79. The van der Waals surface area contributed by atoms with Gasteiger partial charge < -0.3 is 20.3 Å². The number of likely N-dealkylation sites (tertiary alicyclic amines) is 1. The van der Waals surface area contributed by atoms with Crippen LogP contribution < -0.4 is 26.0 Å². The van der Waals surface area contributed by atoms with E-state index in [1.807, 2.05) is 6.07 Å². The largest absolute Gasteiger partial charge is 0.494 e. The third-order valence-corrected chi connectivity index (χ3v) is 9.28. The van der Waals surface area contributed by atoms with Crippen molar-refractivity contribution < 1.29 is 13.9 Å². The van der Waals surface area contributed by atoms with Crippen molar-refractivity contribution in [2.24, 2.45) is 0 Å². The Morgan fingerprint density at radius 3 is 2.75 bits per heavy atom. The zero-order valence-electron chi connectivity index (χ0n) is 24.9. The average Bonchev–Trinajstić information content (AvgIpc) is 3.28. The number of halogens is 1. The van der Waals surface area contributed by atoms with E-state index < -0.39 is 5.82 Å². The number of nitrogens with zero attached hydrogens (tertiary/aromatic N) is 6. The van der Waals surface area contributed by atoms with Gasteiger partial charge in [0.15, 0.2) is 0 Å². The summed E-state index contributed by atoms with van der Waals surface area (Å²) in [5, 5.41) is 6.15. The van der Waals surface area contributed by atoms with Gasteiger partial charge in [-0.3, -0.25) is 14.3 Å². The molecule has 0 radical (unpaired) electrons. The Hall–Kier alpha value is -4.71. The van der Waals surface area contributed by atoms with E-state index >= 15 is 0 Å². The normalized spacial score (nSPS) is 17.4. The van der Waals surface area contributed by atoms with Crippen LogP contribution in [0.25, 0.3) is 16.9 Å². The number of piperidine rings is 1. The molecule has 1 spiro atoms. The van der Waals surface area contributed by atoms with Crippen molar-refractivity contribution in [2.45, 2.75) is 44.2 Å². The average molecular weight is 599 g/mol. The number of carbonyl (C=O) groups is 1. The molecule has 7 rings (SSSR count). The zero-order valence-corrected chi connectivity index (χ0v) is 24.9. The van der Waals surface area contributed by atoms with Gasteiger partial charge in [-0.2, -0.15) is 4.98 Å². The predicted molar refractivity (Wildman–Crippen MR) is 168 cm³/mol. The first-order valence-electron chi connectivity index (χ1n) is 15.0. The van der Waals surface area contributed by atoms with Crippen LogP contribution in [-0.2, 0) is 17.8 Å². The molecule has 4 aromatic rings. The topological polar surface area (TPSA) is 110 Å². The second kappa shape index (κ2) is 10.8. The van der Waals surface area contributed by atoms with Crippen molar-refractivity contribution >= 4 is 40.0 Å². The molecule has 0 atom stereocenters. The van der Waals surface area contributed by atoms with Crippen molar-refractivity contribution in [1.82, 2.24) is 24.0 Å². The number of rotatable bonds is 7. The summed E-state index contributed by atoms with van der Waals surface area (Å²) >= 11 is 0. The Bertz CT molecular complexity index is 1860. The minimum Gasteiger partial charge on any atom is -0.494 e. The molecule has 0 bridgehead atoms. The number of methoxy groups -OCH3 is 1. The molecule has 3 aliphatic heterocycles. The van der Waals surface area contributed by atoms with Gasteiger partial charge in [-0.15, -0.1) is 0 Å². The van der Waals surface area contributed by atoms with Crippen LogP contribution in [0.2, 0.25) is 0 Å². The van der Waals surface area contributed by atoms with E-state index in [1.165, 1.54) is 35.6 Å². The Morgan fingerprint density at radius 1 is 1.14 bits per heavy atom. The standard InChI is InChI=1S/C32H35FN8O3/c1-4-28(42)35-22-16-23(26(44-3)17-24(22)39-18-32(19-39)10-5-6-12-38(32)2)36-30-34-11-9-27(37-30)41-25-15-21(33)14-20-8-7-13-40(29(20)25)31(41)43/h4,9,11,14-17H,1,5-8,10,12-13,18-19H2,2-3H3,(H,35,42)(H,34,36,37). The highest BCUT2D eigenvalue weighted by Gasteiger charge is 2.47. The lowest BCUT2D eigenvalue weighted by molar-refractivity contribution is -0.111. The molecule has 228 valence electrons. The van der Waals surface area contributed by atoms with Crippen molar-refractivity contribution in [3.8, 4) is 11.6 Å². The van der Waals surface area contributed by atoms with Gasteiger partial charge in [0, 0.05) is 44.0 Å². The zero-order chi connectivity index (χ0) is 30.6. The summed E-state index contributed by atoms with van der Waals surface area (Å²) in [4.78, 5) is 39.7. The smallest absolute Gasteiger partial charge is 0.334 e. The van der Waals surface area contributed by atoms with Crippen LogP contribution in [0.15, 0.2) is 54.0 Å². The summed E-state index contributed by atoms with van der Waals surface area (Å²) in [5.74, 6) is 0.337. The van der Waals surface area contributed by atoms with Crippen molar-refractivity contribution in [1.29, 1.82) is 0 Å². The first-order chi connectivity index (χ1) is 21.3. The number of nitrogens with one attached hydrogen (secondary N) is 2. The fourth-order valence-electron chi connectivity index (χ4n) is 6.99. The van der Waals surface area contributed by atoms with Crippen LogP contribution in [0.5, 0.6) is 5.75 Å². The van der Waals surface area contributed by atoms with Crippen LogP contribution in [0, 0.1) is 5.82 Å². The Balaban J connectivity index is 1.24. The Kier molecular flexibility index (Phi) is 6.88. The molecule has 2 saturated heterocycles. The molecule has 11 nitrogen and oxygen atoms in total. The summed E-state index contributed by atoms with van der Waals surface area (Å²) in [6, 6.07) is 8.19. The fraction of sp³-hybridized carbons (Fsp3) is 0.375. The SMILES string of the molecule is C=CC(=O)Nc1cc(Nc2nccc(-n3c(=O)n4c5c(cc(F)cc53)CCC4)n2)c(OC)cc1N1CC2(CCCCN2C)C1. The molecule has 3 aliphatic rings. The van der Waals surface area contributed by atoms with Crippen LogP contribution in [0.1, 0.15) is 31.2 Å². The number of likely N-dealkylation sites (N-methyl/N-ethyl adjacent to an activating group) is 1. The highest BCUT2D eigenvalue weighted by Crippen LogP contribution is 2.44. The summed E-state index contributed by atoms with van der Waals surface area (Å²) in [7, 11) is 3.77. The van der Waals surface area contributed by atoms with E-state index in [9.17, 15) is 14.0 Å². The molecule has 2 aromatic carbocycles. The van der Waals surface area contributed by atoms with Crippen LogP contribution in [-0.4, -0.2) is 69.2 Å². The molecule has 0 saturated carbocycles. The molecule has 1 amide bonds. The molecule has 2 N–H and O–H groups in total. The lowest BCUT2D eigenvalue weighted by Gasteiger charge is -2.58. The number of anilines is 4. The van der Waals surface area contributed by atoms with Crippen LogP contribution in [0.4, 0.5) is 27.4 Å². The number of hydrogen-bond acceptors (Lipinski definition) is 8. The van der Waals surface area contributed by atoms with Gasteiger partial charge in [-0.1, -0.05) is 13.0 Å². The summed E-state index contributed by atoms with van der Waals surface area (Å²) < 4.78 is 23.5. The summed E-state index contributed by atoms with van der Waals surface area (Å²) in [6.45, 7) is 6.97. The van der Waals surface area contributed by atoms with Gasteiger partial charge in [0.25, 0.3) is 0 Å². The Morgan fingerprint density at radius 2 is 1.98 bits per heavy atom. The fourth-order valence-corrected chi connectivity index (χ4v) is 6.99. The first kappa shape index (κ1) is 28.1. The number of hydrogen-bond donors (Lipinski definition) is 2. The van der Waals surface area contributed by atoms with Crippen LogP contribution >= 0.6 is 0 Å². The molecule has 0 unspecified atom stereocenters. The molecular formula is C32H35FN8O3. The first-order valence-corrected chi connectivity index (χ1v) is 15.0. The van der Waals surface area contributed by atoms with Crippen molar-refractivity contribution in [2.75, 3.05) is 49.3 Å². The Labute approximate surface area is 254 Å². The predicted octanol–water partition coefficient (Wildman–Crippen LogP) is 4.22. The summed E-state index contributed by atoms with van der Waals surface area (Å²) in [6.07, 6.45) is 7.83. The third kappa shape index (κ3) is 4.60. The van der Waals surface area contributed by atoms with Gasteiger partial charge in [0.1, 0.15) is 17.4 Å². The number of aromatic nitrogens is 4. The van der Waals surface area contributed by atoms with Crippen molar-refractivity contribution in [3.63, 3.8) is 0 Å². The molecule has 0 aliphatic carbocycles. The number of carbonyl (C=O) groups excluding carboxylic acids is 1. The maximum atomic E-state index is 14.6. The highest BCUT2D eigenvalue weighted by atomic mass is 19.1. The molecule has 44 heavy (non-hydrogen) atoms. The lowest BCUT2D eigenvalue weighted by Crippen LogP contribution is -2.70.